The molecule has 12 heavy (non-hydrogen) atoms. The van der Waals surface area contributed by atoms with Crippen LogP contribution in [0.2, 0.25) is 0 Å². The van der Waals surface area contributed by atoms with E-state index in [0.717, 1.165) is 19.3 Å². The number of allylic oxidation sites excluding steroid dienone is 2. The van der Waals surface area contributed by atoms with Gasteiger partial charge >= 0.3 is 5.97 Å². The lowest BCUT2D eigenvalue weighted by Gasteiger charge is -2.25. The minimum absolute atomic E-state index is 0.0550. The molecule has 0 radical (unpaired) electrons. The summed E-state index contributed by atoms with van der Waals surface area (Å²) in [6, 6.07) is 0. The number of carbonyl (C=O) groups is 1. The maximum absolute atomic E-state index is 10.6. The van der Waals surface area contributed by atoms with Crippen LogP contribution >= 0.6 is 0 Å². The zero-order valence-corrected chi connectivity index (χ0v) is 7.76. The Balaban J connectivity index is 2.70. The lowest BCUT2D eigenvalue weighted by Crippen LogP contribution is -2.19. The SMILES string of the molecule is CCC1=CCCC1(C)CC(=O)O. The van der Waals surface area contributed by atoms with Gasteiger partial charge in [-0.3, -0.25) is 4.79 Å². The van der Waals surface area contributed by atoms with E-state index in [9.17, 15) is 4.79 Å². The van der Waals surface area contributed by atoms with E-state index in [0.29, 0.717) is 0 Å². The van der Waals surface area contributed by atoms with Gasteiger partial charge in [0.2, 0.25) is 0 Å². The van der Waals surface area contributed by atoms with Gasteiger partial charge in [0.15, 0.2) is 0 Å². The van der Waals surface area contributed by atoms with Gasteiger partial charge in [-0.2, -0.15) is 0 Å². The fourth-order valence-electron chi connectivity index (χ4n) is 2.08. The number of hydrogen-bond donors (Lipinski definition) is 1. The standard InChI is InChI=1S/C10H16O2/c1-3-8-5-4-6-10(8,2)7-9(11)12/h5H,3-4,6-7H2,1-2H3,(H,11,12). The van der Waals surface area contributed by atoms with E-state index in [1.165, 1.54) is 5.57 Å². The summed E-state index contributed by atoms with van der Waals surface area (Å²) < 4.78 is 0. The molecule has 1 unspecified atom stereocenters. The minimum Gasteiger partial charge on any atom is -0.481 e. The van der Waals surface area contributed by atoms with Crippen LogP contribution in [-0.2, 0) is 4.79 Å². The lowest BCUT2D eigenvalue weighted by atomic mass is 9.79. The van der Waals surface area contributed by atoms with Crippen molar-refractivity contribution in [3.05, 3.63) is 11.6 Å². The summed E-state index contributed by atoms with van der Waals surface area (Å²) in [5, 5.41) is 8.73. The molecule has 0 saturated heterocycles. The molecular weight excluding hydrogens is 152 g/mol. The Morgan fingerprint density at radius 3 is 2.92 bits per heavy atom. The number of aliphatic carboxylic acids is 1. The summed E-state index contributed by atoms with van der Waals surface area (Å²) in [7, 11) is 0. The van der Waals surface area contributed by atoms with Gasteiger partial charge < -0.3 is 5.11 Å². The first-order valence-corrected chi connectivity index (χ1v) is 4.50. The maximum atomic E-state index is 10.6. The van der Waals surface area contributed by atoms with E-state index in [1.807, 2.05) is 0 Å². The smallest absolute Gasteiger partial charge is 0.304 e. The van der Waals surface area contributed by atoms with Gasteiger partial charge in [-0.05, 0) is 24.7 Å². The quantitative estimate of drug-likeness (QED) is 0.658. The Labute approximate surface area is 73.3 Å². The van der Waals surface area contributed by atoms with Gasteiger partial charge in [0, 0.05) is 0 Å². The van der Waals surface area contributed by atoms with Crippen LogP contribution in [0.3, 0.4) is 0 Å². The van der Waals surface area contributed by atoms with Crippen LogP contribution in [-0.4, -0.2) is 11.1 Å². The molecule has 0 bridgehead atoms. The molecule has 0 aromatic heterocycles. The summed E-state index contributed by atoms with van der Waals surface area (Å²) in [4.78, 5) is 10.6. The van der Waals surface area contributed by atoms with Crippen LogP contribution in [0.15, 0.2) is 11.6 Å². The molecule has 2 heteroatoms. The highest BCUT2D eigenvalue weighted by Crippen LogP contribution is 2.42. The lowest BCUT2D eigenvalue weighted by molar-refractivity contribution is -0.139. The van der Waals surface area contributed by atoms with Crippen LogP contribution in [0.25, 0.3) is 0 Å². The van der Waals surface area contributed by atoms with E-state index in [-0.39, 0.29) is 11.8 Å². The Bertz CT molecular complexity index is 218. The first-order valence-electron chi connectivity index (χ1n) is 4.50. The van der Waals surface area contributed by atoms with Crippen molar-refractivity contribution in [1.29, 1.82) is 0 Å². The molecule has 0 aliphatic heterocycles. The molecule has 0 fully saturated rings. The van der Waals surface area contributed by atoms with Crippen molar-refractivity contribution < 1.29 is 9.90 Å². The zero-order valence-electron chi connectivity index (χ0n) is 7.76. The highest BCUT2D eigenvalue weighted by Gasteiger charge is 2.33. The van der Waals surface area contributed by atoms with Crippen molar-refractivity contribution in [1.82, 2.24) is 0 Å². The molecule has 0 aromatic carbocycles. The van der Waals surface area contributed by atoms with Crippen molar-refractivity contribution in [2.24, 2.45) is 5.41 Å². The van der Waals surface area contributed by atoms with Crippen LogP contribution in [0.4, 0.5) is 0 Å². The molecule has 1 rings (SSSR count). The van der Waals surface area contributed by atoms with Gasteiger partial charge in [-0.25, -0.2) is 0 Å². The molecule has 1 atom stereocenters. The second-order valence-corrected chi connectivity index (χ2v) is 3.75. The van der Waals surface area contributed by atoms with E-state index in [1.54, 1.807) is 0 Å². The maximum Gasteiger partial charge on any atom is 0.304 e. The van der Waals surface area contributed by atoms with Crippen LogP contribution in [0, 0.1) is 5.41 Å². The number of carboxylic acid groups (broad SMARTS) is 1. The van der Waals surface area contributed by atoms with Crippen LogP contribution in [0.1, 0.15) is 39.5 Å². The molecule has 0 aromatic rings. The topological polar surface area (TPSA) is 37.3 Å². The first-order chi connectivity index (χ1) is 5.58. The van der Waals surface area contributed by atoms with Crippen molar-refractivity contribution in [2.45, 2.75) is 39.5 Å². The second kappa shape index (κ2) is 3.30. The average Bonchev–Trinajstić information content (AvgIpc) is 2.28. The number of rotatable bonds is 3. The van der Waals surface area contributed by atoms with E-state index < -0.39 is 5.97 Å². The molecule has 0 saturated carbocycles. The molecule has 0 amide bonds. The molecule has 0 heterocycles. The third-order valence-corrected chi connectivity index (χ3v) is 2.78. The highest BCUT2D eigenvalue weighted by atomic mass is 16.4. The van der Waals surface area contributed by atoms with Gasteiger partial charge in [0.05, 0.1) is 6.42 Å². The third-order valence-electron chi connectivity index (χ3n) is 2.78. The molecular formula is C10H16O2. The minimum atomic E-state index is -0.682. The monoisotopic (exact) mass is 168 g/mol. The third kappa shape index (κ3) is 1.68. The van der Waals surface area contributed by atoms with Crippen LogP contribution < -0.4 is 0 Å². The number of carboxylic acids is 1. The fourth-order valence-corrected chi connectivity index (χ4v) is 2.08. The average molecular weight is 168 g/mol. The normalized spacial score (nSPS) is 28.7. The van der Waals surface area contributed by atoms with Crippen molar-refractivity contribution in [3.63, 3.8) is 0 Å². The van der Waals surface area contributed by atoms with Crippen molar-refractivity contribution >= 4 is 5.97 Å². The van der Waals surface area contributed by atoms with Crippen molar-refractivity contribution in [3.8, 4) is 0 Å². The molecule has 2 nitrogen and oxygen atoms in total. The van der Waals surface area contributed by atoms with Crippen LogP contribution in [0.5, 0.6) is 0 Å². The number of hydrogen-bond acceptors (Lipinski definition) is 1. The molecule has 0 spiro atoms. The fraction of sp³-hybridized carbons (Fsp3) is 0.700. The largest absolute Gasteiger partial charge is 0.481 e. The summed E-state index contributed by atoms with van der Waals surface area (Å²) in [5.74, 6) is -0.682. The summed E-state index contributed by atoms with van der Waals surface area (Å²) >= 11 is 0. The van der Waals surface area contributed by atoms with E-state index in [4.69, 9.17) is 5.11 Å². The van der Waals surface area contributed by atoms with Crippen molar-refractivity contribution in [2.75, 3.05) is 0 Å². The molecule has 1 aliphatic rings. The summed E-state index contributed by atoms with van der Waals surface area (Å²) in [6.07, 6.45) is 5.52. The second-order valence-electron chi connectivity index (χ2n) is 3.75. The summed E-state index contributed by atoms with van der Waals surface area (Å²) in [5.41, 5.74) is 1.27. The molecule has 1 aliphatic carbocycles. The van der Waals surface area contributed by atoms with Gasteiger partial charge in [0.25, 0.3) is 0 Å². The van der Waals surface area contributed by atoms with Gasteiger partial charge in [0.1, 0.15) is 0 Å². The first kappa shape index (κ1) is 9.30. The zero-order chi connectivity index (χ0) is 9.19. The molecule has 68 valence electrons. The predicted octanol–water partition coefficient (Wildman–Crippen LogP) is 2.60. The Morgan fingerprint density at radius 1 is 1.75 bits per heavy atom. The Morgan fingerprint density at radius 2 is 2.42 bits per heavy atom. The van der Waals surface area contributed by atoms with Gasteiger partial charge in [-0.15, -0.1) is 0 Å². The Hall–Kier alpha value is -0.790. The predicted molar refractivity (Wildman–Crippen MR) is 48.0 cm³/mol. The summed E-state index contributed by atoms with van der Waals surface area (Å²) in [6.45, 7) is 4.15. The van der Waals surface area contributed by atoms with E-state index >= 15 is 0 Å². The Kier molecular flexibility index (Phi) is 2.55. The highest BCUT2D eigenvalue weighted by molar-refractivity contribution is 5.68. The van der Waals surface area contributed by atoms with Gasteiger partial charge in [-0.1, -0.05) is 25.5 Å². The van der Waals surface area contributed by atoms with E-state index in [2.05, 4.69) is 19.9 Å². The molecule has 1 N–H and O–H groups in total.